The Bertz CT molecular complexity index is 375. The fourth-order valence-electron chi connectivity index (χ4n) is 2.56. The lowest BCUT2D eigenvalue weighted by Crippen LogP contribution is -2.46. The normalized spacial score (nSPS) is 16.8. The van der Waals surface area contributed by atoms with Crippen LogP contribution in [0.3, 0.4) is 0 Å². The van der Waals surface area contributed by atoms with Gasteiger partial charge in [0.1, 0.15) is 0 Å². The molecular weight excluding hydrogens is 258 g/mol. The van der Waals surface area contributed by atoms with Crippen LogP contribution in [0.25, 0.3) is 0 Å². The number of halogens is 1. The van der Waals surface area contributed by atoms with Crippen LogP contribution >= 0.6 is 11.6 Å². The Morgan fingerprint density at radius 1 is 1.11 bits per heavy atom. The first kappa shape index (κ1) is 14.6. The van der Waals surface area contributed by atoms with Gasteiger partial charge in [-0.15, -0.1) is 0 Å². The van der Waals surface area contributed by atoms with Gasteiger partial charge in [0, 0.05) is 26.2 Å². The van der Waals surface area contributed by atoms with Crippen LogP contribution in [0, 0.1) is 0 Å². The van der Waals surface area contributed by atoms with Crippen molar-refractivity contribution in [2.24, 2.45) is 0 Å². The van der Waals surface area contributed by atoms with E-state index < -0.39 is 0 Å². The lowest BCUT2D eigenvalue weighted by atomic mass is 10.2. The van der Waals surface area contributed by atoms with E-state index in [0.717, 1.165) is 37.7 Å². The predicted molar refractivity (Wildman–Crippen MR) is 83.3 cm³/mol. The molecule has 2 rings (SSSR count). The number of unbranched alkanes of at least 4 members (excludes halogenated alkanes) is 1. The van der Waals surface area contributed by atoms with Crippen LogP contribution in [0.15, 0.2) is 24.3 Å². The maximum absolute atomic E-state index is 6.25. The molecule has 1 aliphatic heterocycles. The van der Waals surface area contributed by atoms with Crippen molar-refractivity contribution in [3.63, 3.8) is 0 Å². The molecule has 0 spiro atoms. The van der Waals surface area contributed by atoms with Crippen molar-refractivity contribution in [3.8, 4) is 0 Å². The molecule has 3 nitrogen and oxygen atoms in total. The number of benzene rings is 1. The van der Waals surface area contributed by atoms with Crippen molar-refractivity contribution < 1.29 is 0 Å². The summed E-state index contributed by atoms with van der Waals surface area (Å²) in [6.07, 6.45) is 2.55. The van der Waals surface area contributed by atoms with Gasteiger partial charge in [0.15, 0.2) is 0 Å². The number of para-hydroxylation sites is 1. The van der Waals surface area contributed by atoms with E-state index in [2.05, 4.69) is 27.2 Å². The highest BCUT2D eigenvalue weighted by Gasteiger charge is 2.17. The quantitative estimate of drug-likeness (QED) is 0.808. The van der Waals surface area contributed by atoms with Gasteiger partial charge >= 0.3 is 0 Å². The van der Waals surface area contributed by atoms with Crippen molar-refractivity contribution in [3.05, 3.63) is 29.3 Å². The largest absolute Gasteiger partial charge is 0.368 e. The van der Waals surface area contributed by atoms with Crippen molar-refractivity contribution in [2.75, 3.05) is 51.2 Å². The van der Waals surface area contributed by atoms with Gasteiger partial charge in [0.25, 0.3) is 0 Å². The zero-order chi connectivity index (χ0) is 13.5. The van der Waals surface area contributed by atoms with Gasteiger partial charge in [-0.3, -0.25) is 4.90 Å². The standard InChI is InChI=1S/C15H24ClN3/c1-17-8-4-5-9-18-10-12-19(13-11-18)15-7-3-2-6-14(15)16/h2-3,6-7,17H,4-5,8-13H2,1H3. The fourth-order valence-corrected chi connectivity index (χ4v) is 2.81. The first-order chi connectivity index (χ1) is 9.31. The molecule has 0 amide bonds. The third-order valence-corrected chi connectivity index (χ3v) is 4.04. The number of hydrogen-bond donors (Lipinski definition) is 1. The third-order valence-electron chi connectivity index (χ3n) is 3.72. The number of nitrogens with zero attached hydrogens (tertiary/aromatic N) is 2. The van der Waals surface area contributed by atoms with Gasteiger partial charge < -0.3 is 10.2 Å². The second-order valence-electron chi connectivity index (χ2n) is 5.09. The fraction of sp³-hybridized carbons (Fsp3) is 0.600. The predicted octanol–water partition coefficient (Wildman–Crippen LogP) is 2.46. The molecule has 106 valence electrons. The van der Waals surface area contributed by atoms with Gasteiger partial charge in [-0.05, 0) is 45.1 Å². The molecule has 19 heavy (non-hydrogen) atoms. The molecule has 4 heteroatoms. The Morgan fingerprint density at radius 3 is 2.53 bits per heavy atom. The first-order valence-electron chi connectivity index (χ1n) is 7.17. The number of nitrogens with one attached hydrogen (secondary N) is 1. The van der Waals surface area contributed by atoms with Gasteiger partial charge in [-0.1, -0.05) is 23.7 Å². The molecule has 0 bridgehead atoms. The molecular formula is C15H24ClN3. The molecule has 1 fully saturated rings. The molecule has 1 aliphatic rings. The highest BCUT2D eigenvalue weighted by Crippen LogP contribution is 2.25. The molecule has 0 aliphatic carbocycles. The zero-order valence-corrected chi connectivity index (χ0v) is 12.5. The Labute approximate surface area is 121 Å². The van der Waals surface area contributed by atoms with Crippen LogP contribution in [0.5, 0.6) is 0 Å². The molecule has 0 atom stereocenters. The summed E-state index contributed by atoms with van der Waals surface area (Å²) < 4.78 is 0. The van der Waals surface area contributed by atoms with E-state index in [0.29, 0.717) is 0 Å². The van der Waals surface area contributed by atoms with E-state index in [1.54, 1.807) is 0 Å². The van der Waals surface area contributed by atoms with Gasteiger partial charge in [-0.25, -0.2) is 0 Å². The lowest BCUT2D eigenvalue weighted by molar-refractivity contribution is 0.253. The van der Waals surface area contributed by atoms with Crippen molar-refractivity contribution in [1.29, 1.82) is 0 Å². The maximum atomic E-state index is 6.25. The molecule has 1 N–H and O–H groups in total. The topological polar surface area (TPSA) is 18.5 Å². The SMILES string of the molecule is CNCCCCN1CCN(c2ccccc2Cl)CC1. The van der Waals surface area contributed by atoms with Crippen molar-refractivity contribution >= 4 is 17.3 Å². The summed E-state index contributed by atoms with van der Waals surface area (Å²) in [5.41, 5.74) is 1.18. The summed E-state index contributed by atoms with van der Waals surface area (Å²) in [4.78, 5) is 4.95. The summed E-state index contributed by atoms with van der Waals surface area (Å²) >= 11 is 6.25. The highest BCUT2D eigenvalue weighted by molar-refractivity contribution is 6.33. The summed E-state index contributed by atoms with van der Waals surface area (Å²) in [5.74, 6) is 0. The summed E-state index contributed by atoms with van der Waals surface area (Å²) in [6.45, 7) is 6.79. The van der Waals surface area contributed by atoms with Gasteiger partial charge in [0.05, 0.1) is 10.7 Å². The Balaban J connectivity index is 1.75. The van der Waals surface area contributed by atoms with Crippen LogP contribution < -0.4 is 10.2 Å². The van der Waals surface area contributed by atoms with Crippen molar-refractivity contribution in [2.45, 2.75) is 12.8 Å². The van der Waals surface area contributed by atoms with Crippen LogP contribution in [0.4, 0.5) is 5.69 Å². The maximum Gasteiger partial charge on any atom is 0.0639 e. The van der Waals surface area contributed by atoms with E-state index in [1.165, 1.54) is 25.1 Å². The van der Waals surface area contributed by atoms with E-state index in [1.807, 2.05) is 19.2 Å². The number of anilines is 1. The minimum atomic E-state index is 0.866. The van der Waals surface area contributed by atoms with Gasteiger partial charge in [0.2, 0.25) is 0 Å². The van der Waals surface area contributed by atoms with Crippen LogP contribution in [0.1, 0.15) is 12.8 Å². The molecule has 1 heterocycles. The average Bonchev–Trinajstić information content (AvgIpc) is 2.45. The van der Waals surface area contributed by atoms with Gasteiger partial charge in [-0.2, -0.15) is 0 Å². The molecule has 0 unspecified atom stereocenters. The second kappa shape index (κ2) is 7.73. The zero-order valence-electron chi connectivity index (χ0n) is 11.7. The second-order valence-corrected chi connectivity index (χ2v) is 5.50. The monoisotopic (exact) mass is 281 g/mol. The summed E-state index contributed by atoms with van der Waals surface area (Å²) in [5, 5.41) is 4.06. The van der Waals surface area contributed by atoms with E-state index in [9.17, 15) is 0 Å². The Kier molecular flexibility index (Phi) is 5.95. The number of hydrogen-bond acceptors (Lipinski definition) is 3. The van der Waals surface area contributed by atoms with Crippen LogP contribution in [-0.2, 0) is 0 Å². The van der Waals surface area contributed by atoms with E-state index in [4.69, 9.17) is 11.6 Å². The Morgan fingerprint density at radius 2 is 1.84 bits per heavy atom. The minimum Gasteiger partial charge on any atom is -0.368 e. The average molecular weight is 282 g/mol. The Hall–Kier alpha value is -0.770. The van der Waals surface area contributed by atoms with Crippen molar-refractivity contribution in [1.82, 2.24) is 10.2 Å². The lowest BCUT2D eigenvalue weighted by Gasteiger charge is -2.36. The molecule has 0 radical (unpaired) electrons. The number of rotatable bonds is 6. The summed E-state index contributed by atoms with van der Waals surface area (Å²) in [7, 11) is 2.02. The molecule has 1 aromatic rings. The first-order valence-corrected chi connectivity index (χ1v) is 7.55. The molecule has 1 saturated heterocycles. The highest BCUT2D eigenvalue weighted by atomic mass is 35.5. The number of piperazine rings is 1. The van der Waals surface area contributed by atoms with Crippen LogP contribution in [0.2, 0.25) is 5.02 Å². The summed E-state index contributed by atoms with van der Waals surface area (Å²) in [6, 6.07) is 8.14. The van der Waals surface area contributed by atoms with Crippen LogP contribution in [-0.4, -0.2) is 51.2 Å². The van der Waals surface area contributed by atoms with E-state index in [-0.39, 0.29) is 0 Å². The smallest absolute Gasteiger partial charge is 0.0639 e. The minimum absolute atomic E-state index is 0.866. The molecule has 0 aromatic heterocycles. The molecule has 0 saturated carbocycles. The molecule has 1 aromatic carbocycles. The third kappa shape index (κ3) is 4.37. The van der Waals surface area contributed by atoms with E-state index >= 15 is 0 Å².